The van der Waals surface area contributed by atoms with Gasteiger partial charge in [-0.1, -0.05) is 0 Å². The average molecular weight is 335 g/mol. The molecule has 2 fully saturated rings. The number of nitrogens with one attached hydrogen (secondary N) is 2. The molecule has 6 N–H and O–H groups in total. The van der Waals surface area contributed by atoms with Crippen molar-refractivity contribution in [1.82, 2.24) is 10.6 Å². The molecule has 1 aromatic carbocycles. The molecule has 1 aromatic rings. The second kappa shape index (κ2) is 6.23. The van der Waals surface area contributed by atoms with Crippen LogP contribution in [0.1, 0.15) is 36.5 Å². The van der Waals surface area contributed by atoms with Crippen molar-refractivity contribution >= 4 is 11.6 Å². The maximum atomic E-state index is 12.6. The van der Waals surface area contributed by atoms with E-state index in [0.717, 1.165) is 13.1 Å². The van der Waals surface area contributed by atoms with Gasteiger partial charge in [-0.15, -0.1) is 0 Å². The van der Waals surface area contributed by atoms with Gasteiger partial charge in [-0.2, -0.15) is 0 Å². The summed E-state index contributed by atoms with van der Waals surface area (Å²) in [5.74, 6) is -0.433. The number of benzene rings is 1. The first kappa shape index (κ1) is 17.0. The second-order valence-electron chi connectivity index (χ2n) is 6.96. The molecule has 1 spiro atoms. The Kier molecular flexibility index (Phi) is 4.42. The number of carbonyl (C=O) groups is 1. The van der Waals surface area contributed by atoms with Crippen LogP contribution in [-0.4, -0.2) is 53.1 Å². The maximum absolute atomic E-state index is 12.6. The number of ether oxygens (including phenoxy) is 1. The molecule has 0 aliphatic carbocycles. The highest BCUT2D eigenvalue weighted by Gasteiger charge is 2.53. The summed E-state index contributed by atoms with van der Waals surface area (Å²) in [6.07, 6.45) is 1.10. The van der Waals surface area contributed by atoms with Crippen LogP contribution in [0.4, 0.5) is 5.69 Å². The predicted octanol–water partition coefficient (Wildman–Crippen LogP) is 0.366. The number of anilines is 1. The van der Waals surface area contributed by atoms with Crippen molar-refractivity contribution in [1.29, 1.82) is 0 Å². The molecule has 0 bridgehead atoms. The largest absolute Gasteiger partial charge is 0.508 e. The first-order valence-corrected chi connectivity index (χ1v) is 8.30. The number of nitrogens with two attached hydrogens (primary N) is 1. The molecule has 0 saturated carbocycles. The van der Waals surface area contributed by atoms with Gasteiger partial charge in [-0.05, 0) is 57.5 Å². The molecule has 0 aromatic heterocycles. The zero-order valence-electron chi connectivity index (χ0n) is 13.8. The van der Waals surface area contributed by atoms with Crippen molar-refractivity contribution in [3.05, 3.63) is 23.8 Å². The lowest BCUT2D eigenvalue weighted by atomic mass is 9.73. The zero-order chi connectivity index (χ0) is 17.4. The molecule has 3 rings (SSSR count). The quantitative estimate of drug-likeness (QED) is 0.394. The molecule has 7 heteroatoms. The number of hydrogen-bond donors (Lipinski definition) is 5. The molecule has 2 aliphatic heterocycles. The van der Waals surface area contributed by atoms with Gasteiger partial charge >= 0.3 is 0 Å². The van der Waals surface area contributed by atoms with Crippen molar-refractivity contribution < 1.29 is 19.7 Å². The van der Waals surface area contributed by atoms with Crippen molar-refractivity contribution in [3.8, 4) is 5.75 Å². The van der Waals surface area contributed by atoms with Gasteiger partial charge in [-0.3, -0.25) is 4.79 Å². The number of aromatic hydroxyl groups is 1. The molecule has 2 saturated heterocycles. The van der Waals surface area contributed by atoms with E-state index >= 15 is 0 Å². The van der Waals surface area contributed by atoms with E-state index in [0.29, 0.717) is 25.9 Å². The number of nitrogen functional groups attached to an aromatic ring is 1. The van der Waals surface area contributed by atoms with Gasteiger partial charge < -0.3 is 31.3 Å². The van der Waals surface area contributed by atoms with Crippen LogP contribution in [0, 0.1) is 0 Å². The highest BCUT2D eigenvalue weighted by atomic mass is 16.5. The normalized spacial score (nSPS) is 29.3. The molecule has 1 amide bonds. The van der Waals surface area contributed by atoms with E-state index in [1.807, 2.05) is 6.92 Å². The van der Waals surface area contributed by atoms with Crippen LogP contribution in [0.2, 0.25) is 0 Å². The second-order valence-corrected chi connectivity index (χ2v) is 6.96. The zero-order valence-corrected chi connectivity index (χ0v) is 13.8. The number of phenols is 1. The van der Waals surface area contributed by atoms with Crippen molar-refractivity contribution in [3.63, 3.8) is 0 Å². The highest BCUT2D eigenvalue weighted by molar-refractivity contribution is 6.00. The fourth-order valence-corrected chi connectivity index (χ4v) is 3.73. The van der Waals surface area contributed by atoms with Crippen LogP contribution < -0.4 is 16.4 Å². The van der Waals surface area contributed by atoms with E-state index in [1.54, 1.807) is 0 Å². The van der Waals surface area contributed by atoms with E-state index in [-0.39, 0.29) is 17.0 Å². The molecule has 2 aliphatic rings. The topological polar surface area (TPSA) is 117 Å². The summed E-state index contributed by atoms with van der Waals surface area (Å²) >= 11 is 0. The summed E-state index contributed by atoms with van der Waals surface area (Å²) in [4.78, 5) is 12.6. The summed E-state index contributed by atoms with van der Waals surface area (Å²) in [5.41, 5.74) is 4.89. The van der Waals surface area contributed by atoms with Crippen molar-refractivity contribution in [2.45, 2.75) is 43.4 Å². The number of aliphatic hydroxyl groups is 1. The Morgan fingerprint density at radius 3 is 2.79 bits per heavy atom. The molecule has 0 radical (unpaired) electrons. The molecule has 7 nitrogen and oxygen atoms in total. The molecule has 24 heavy (non-hydrogen) atoms. The van der Waals surface area contributed by atoms with Gasteiger partial charge in [0.2, 0.25) is 0 Å². The SMILES string of the molecule is C[C@@]1(NC(=O)c2cc(O)ccc2N)CCOC2(CCNCC2)[C@H]1O. The minimum atomic E-state index is -0.816. The predicted molar refractivity (Wildman–Crippen MR) is 89.8 cm³/mol. The first-order chi connectivity index (χ1) is 11.4. The lowest BCUT2D eigenvalue weighted by Crippen LogP contribution is -2.69. The highest BCUT2D eigenvalue weighted by Crippen LogP contribution is 2.38. The Labute approximate surface area is 141 Å². The van der Waals surface area contributed by atoms with Crippen LogP contribution >= 0.6 is 0 Å². The smallest absolute Gasteiger partial charge is 0.254 e. The number of amides is 1. The Morgan fingerprint density at radius 2 is 2.08 bits per heavy atom. The molecule has 0 unspecified atom stereocenters. The van der Waals surface area contributed by atoms with Gasteiger partial charge in [-0.25, -0.2) is 0 Å². The molecule has 132 valence electrons. The van der Waals surface area contributed by atoms with Crippen molar-refractivity contribution in [2.24, 2.45) is 0 Å². The van der Waals surface area contributed by atoms with Gasteiger partial charge in [0.25, 0.3) is 5.91 Å². The van der Waals surface area contributed by atoms with Gasteiger partial charge in [0.1, 0.15) is 11.9 Å². The third-order valence-electron chi connectivity index (χ3n) is 5.24. The van der Waals surface area contributed by atoms with E-state index in [1.165, 1.54) is 18.2 Å². The summed E-state index contributed by atoms with van der Waals surface area (Å²) in [6, 6.07) is 4.25. The van der Waals surface area contributed by atoms with Gasteiger partial charge in [0.15, 0.2) is 0 Å². The Bertz CT molecular complexity index is 625. The van der Waals surface area contributed by atoms with Crippen LogP contribution in [0.25, 0.3) is 0 Å². The summed E-state index contributed by atoms with van der Waals surface area (Å²) < 4.78 is 5.94. The third-order valence-corrected chi connectivity index (χ3v) is 5.24. The van der Waals surface area contributed by atoms with Gasteiger partial charge in [0.05, 0.1) is 16.7 Å². The molecule has 2 heterocycles. The van der Waals surface area contributed by atoms with Gasteiger partial charge in [0, 0.05) is 12.3 Å². The number of piperidine rings is 1. The minimum Gasteiger partial charge on any atom is -0.508 e. The Balaban J connectivity index is 1.82. The van der Waals surface area contributed by atoms with Crippen molar-refractivity contribution in [2.75, 3.05) is 25.4 Å². The van der Waals surface area contributed by atoms with Crippen LogP contribution in [0.5, 0.6) is 5.75 Å². The Hall–Kier alpha value is -1.83. The first-order valence-electron chi connectivity index (χ1n) is 8.30. The maximum Gasteiger partial charge on any atom is 0.254 e. The third kappa shape index (κ3) is 2.94. The van der Waals surface area contributed by atoms with Crippen LogP contribution in [0.15, 0.2) is 18.2 Å². The van der Waals surface area contributed by atoms with E-state index in [2.05, 4.69) is 10.6 Å². The lowest BCUT2D eigenvalue weighted by molar-refractivity contribution is -0.197. The fraction of sp³-hybridized carbons (Fsp3) is 0.588. The summed E-state index contributed by atoms with van der Waals surface area (Å²) in [6.45, 7) is 3.87. The number of rotatable bonds is 2. The number of phenolic OH excluding ortho intramolecular Hbond substituents is 1. The number of aliphatic hydroxyl groups excluding tert-OH is 1. The Morgan fingerprint density at radius 1 is 1.38 bits per heavy atom. The monoisotopic (exact) mass is 335 g/mol. The summed E-state index contributed by atoms with van der Waals surface area (Å²) in [5, 5.41) is 26.8. The number of carbonyl (C=O) groups excluding carboxylic acids is 1. The molecular weight excluding hydrogens is 310 g/mol. The lowest BCUT2D eigenvalue weighted by Gasteiger charge is -2.52. The molecule has 2 atom stereocenters. The molecular formula is C17H25N3O4. The van der Waals surface area contributed by atoms with Crippen LogP contribution in [0.3, 0.4) is 0 Å². The van der Waals surface area contributed by atoms with Crippen LogP contribution in [-0.2, 0) is 4.74 Å². The summed E-state index contributed by atoms with van der Waals surface area (Å²) in [7, 11) is 0. The minimum absolute atomic E-state index is 0.0261. The fourth-order valence-electron chi connectivity index (χ4n) is 3.73. The van der Waals surface area contributed by atoms with E-state index in [4.69, 9.17) is 10.5 Å². The average Bonchev–Trinajstić information content (AvgIpc) is 2.56. The number of hydrogen-bond acceptors (Lipinski definition) is 6. The van der Waals surface area contributed by atoms with E-state index in [9.17, 15) is 15.0 Å². The standard InChI is InChI=1S/C17H25N3O4/c1-16(20-14(22)12-10-11(21)2-3-13(12)18)6-9-24-17(15(16)23)4-7-19-8-5-17/h2-3,10,15,19,21,23H,4-9,18H2,1H3,(H,20,22)/t15-,16+/m0/s1. The van der Waals surface area contributed by atoms with E-state index < -0.39 is 23.2 Å².